The van der Waals surface area contributed by atoms with Crippen LogP contribution in [0.3, 0.4) is 0 Å². The Hall–Kier alpha value is -4.12. The lowest BCUT2D eigenvalue weighted by atomic mass is 10.1. The van der Waals surface area contributed by atoms with Gasteiger partial charge < -0.3 is 24.8 Å². The number of anilines is 1. The van der Waals surface area contributed by atoms with Gasteiger partial charge >= 0.3 is 5.69 Å². The Morgan fingerprint density at radius 3 is 2.36 bits per heavy atom. The summed E-state index contributed by atoms with van der Waals surface area (Å²) in [6, 6.07) is 8.63. The van der Waals surface area contributed by atoms with E-state index in [1.807, 2.05) is 32.0 Å². The fourth-order valence-corrected chi connectivity index (χ4v) is 4.76. The first-order valence-corrected chi connectivity index (χ1v) is 12.9. The first-order valence-electron chi connectivity index (χ1n) is 12.9. The molecule has 0 spiro atoms. The van der Waals surface area contributed by atoms with Crippen LogP contribution in [0.5, 0.6) is 11.5 Å². The molecule has 3 aromatic rings. The van der Waals surface area contributed by atoms with E-state index < -0.39 is 17.2 Å². The van der Waals surface area contributed by atoms with E-state index in [0.717, 1.165) is 28.5 Å². The number of nitrogens with zero attached hydrogens (tertiary/aromatic N) is 2. The second kappa shape index (κ2) is 12.2. The van der Waals surface area contributed by atoms with E-state index in [2.05, 4.69) is 10.6 Å². The first kappa shape index (κ1) is 27.9. The third kappa shape index (κ3) is 6.14. The molecular weight excluding hydrogens is 504 g/mol. The van der Waals surface area contributed by atoms with Crippen molar-refractivity contribution in [2.24, 2.45) is 0 Å². The standard InChI is InChI=1S/C28H34N4O7/c1-17-7-5-8-18(2)26(17)30-25(34)16-32-21-14-23(38-4)22(37-3)13-20(21)27(35)31(28(32)36)11-10-24(33)29-15-19-9-6-12-39-19/h5,7-8,13-14,19H,6,9-12,15-16H2,1-4H3,(H,29,33)(H,30,34)/t19-/m1/s1. The number of carbonyl (C=O) groups is 2. The van der Waals surface area contributed by atoms with Crippen molar-refractivity contribution >= 4 is 28.4 Å². The highest BCUT2D eigenvalue weighted by Crippen LogP contribution is 2.30. The van der Waals surface area contributed by atoms with Crippen molar-refractivity contribution in [3.05, 3.63) is 62.3 Å². The minimum absolute atomic E-state index is 0.0209. The lowest BCUT2D eigenvalue weighted by Gasteiger charge is -2.17. The molecule has 2 aromatic carbocycles. The molecule has 0 bridgehead atoms. The Kier molecular flexibility index (Phi) is 8.70. The second-order valence-electron chi connectivity index (χ2n) is 9.55. The minimum Gasteiger partial charge on any atom is -0.493 e. The number of aromatic nitrogens is 2. The largest absolute Gasteiger partial charge is 0.493 e. The molecule has 1 aliphatic heterocycles. The lowest BCUT2D eigenvalue weighted by molar-refractivity contribution is -0.122. The van der Waals surface area contributed by atoms with Crippen LogP contribution in [0.2, 0.25) is 0 Å². The third-order valence-corrected chi connectivity index (χ3v) is 6.89. The smallest absolute Gasteiger partial charge is 0.331 e. The highest BCUT2D eigenvalue weighted by Gasteiger charge is 2.21. The van der Waals surface area contributed by atoms with Gasteiger partial charge in [0.25, 0.3) is 5.56 Å². The SMILES string of the molecule is COc1cc2c(=O)n(CCC(=O)NC[C@H]3CCCO3)c(=O)n(CC(=O)Nc3c(C)cccc3C)c2cc1OC. The minimum atomic E-state index is -0.705. The number of aryl methyl sites for hydroxylation is 2. The Morgan fingerprint density at radius 2 is 1.72 bits per heavy atom. The van der Waals surface area contributed by atoms with Crippen LogP contribution in [0.25, 0.3) is 10.9 Å². The molecule has 11 heteroatoms. The molecule has 1 atom stereocenters. The highest BCUT2D eigenvalue weighted by molar-refractivity contribution is 5.93. The summed E-state index contributed by atoms with van der Waals surface area (Å²) in [4.78, 5) is 52.6. The summed E-state index contributed by atoms with van der Waals surface area (Å²) in [5.41, 5.74) is 1.35. The molecule has 2 amide bonds. The molecule has 1 fully saturated rings. The van der Waals surface area contributed by atoms with Crippen LogP contribution in [0.15, 0.2) is 39.9 Å². The van der Waals surface area contributed by atoms with Crippen molar-refractivity contribution in [2.75, 3.05) is 32.7 Å². The summed E-state index contributed by atoms with van der Waals surface area (Å²) in [7, 11) is 2.88. The molecule has 1 aromatic heterocycles. The van der Waals surface area contributed by atoms with Gasteiger partial charge in [-0.1, -0.05) is 18.2 Å². The number of amides is 2. The van der Waals surface area contributed by atoms with Crippen LogP contribution in [-0.2, 0) is 27.4 Å². The molecule has 11 nitrogen and oxygen atoms in total. The summed E-state index contributed by atoms with van der Waals surface area (Å²) in [5, 5.41) is 5.84. The van der Waals surface area contributed by atoms with Crippen molar-refractivity contribution in [3.63, 3.8) is 0 Å². The van der Waals surface area contributed by atoms with Gasteiger partial charge in [0.15, 0.2) is 11.5 Å². The van der Waals surface area contributed by atoms with E-state index >= 15 is 0 Å². The van der Waals surface area contributed by atoms with E-state index in [-0.39, 0.29) is 42.4 Å². The van der Waals surface area contributed by atoms with Crippen molar-refractivity contribution in [1.29, 1.82) is 0 Å². The summed E-state index contributed by atoms with van der Waals surface area (Å²) < 4.78 is 18.4. The fraction of sp³-hybridized carbons (Fsp3) is 0.429. The number of rotatable bonds is 10. The van der Waals surface area contributed by atoms with Crippen LogP contribution in [-0.4, -0.2) is 54.4 Å². The summed E-state index contributed by atoms with van der Waals surface area (Å²) in [5.74, 6) is -0.138. The van der Waals surface area contributed by atoms with Gasteiger partial charge in [-0.15, -0.1) is 0 Å². The fourth-order valence-electron chi connectivity index (χ4n) is 4.76. The Balaban J connectivity index is 1.68. The van der Waals surface area contributed by atoms with Crippen LogP contribution in [0, 0.1) is 13.8 Å². The van der Waals surface area contributed by atoms with Gasteiger partial charge in [0, 0.05) is 37.9 Å². The van der Waals surface area contributed by atoms with Crippen LogP contribution >= 0.6 is 0 Å². The number of nitrogens with one attached hydrogen (secondary N) is 2. The quantitative estimate of drug-likeness (QED) is 0.404. The molecule has 0 aliphatic carbocycles. The number of methoxy groups -OCH3 is 2. The number of para-hydroxylation sites is 1. The van der Waals surface area contributed by atoms with Crippen LogP contribution < -0.4 is 31.4 Å². The van der Waals surface area contributed by atoms with Gasteiger partial charge in [-0.2, -0.15) is 0 Å². The maximum absolute atomic E-state index is 13.6. The van der Waals surface area contributed by atoms with Crippen molar-refractivity contribution in [3.8, 4) is 11.5 Å². The first-order chi connectivity index (χ1) is 18.7. The van der Waals surface area contributed by atoms with E-state index in [1.165, 1.54) is 30.9 Å². The average molecular weight is 539 g/mol. The van der Waals surface area contributed by atoms with E-state index in [9.17, 15) is 19.2 Å². The maximum atomic E-state index is 13.6. The predicted molar refractivity (Wildman–Crippen MR) is 147 cm³/mol. The maximum Gasteiger partial charge on any atom is 0.331 e. The zero-order valence-electron chi connectivity index (χ0n) is 22.7. The topological polar surface area (TPSA) is 130 Å². The highest BCUT2D eigenvalue weighted by atomic mass is 16.5. The van der Waals surface area contributed by atoms with Gasteiger partial charge in [-0.3, -0.25) is 23.5 Å². The van der Waals surface area contributed by atoms with Crippen LogP contribution in [0.1, 0.15) is 30.4 Å². The summed E-state index contributed by atoms with van der Waals surface area (Å²) in [6.45, 7) is 4.31. The van der Waals surface area contributed by atoms with Crippen LogP contribution in [0.4, 0.5) is 5.69 Å². The van der Waals surface area contributed by atoms with E-state index in [0.29, 0.717) is 30.3 Å². The zero-order valence-corrected chi connectivity index (χ0v) is 22.7. The predicted octanol–water partition coefficient (Wildman–Crippen LogP) is 2.12. The summed E-state index contributed by atoms with van der Waals surface area (Å²) >= 11 is 0. The van der Waals surface area contributed by atoms with E-state index in [4.69, 9.17) is 14.2 Å². The molecule has 0 unspecified atom stereocenters. The molecule has 39 heavy (non-hydrogen) atoms. The number of fused-ring (bicyclic) bond motifs is 1. The number of benzene rings is 2. The molecule has 0 radical (unpaired) electrons. The van der Waals surface area contributed by atoms with Crippen molar-refractivity contribution < 1.29 is 23.8 Å². The second-order valence-corrected chi connectivity index (χ2v) is 9.55. The van der Waals surface area contributed by atoms with Gasteiger partial charge in [-0.25, -0.2) is 4.79 Å². The Morgan fingerprint density at radius 1 is 1.03 bits per heavy atom. The molecule has 208 valence electrons. The number of ether oxygens (including phenoxy) is 3. The lowest BCUT2D eigenvalue weighted by Crippen LogP contribution is -2.43. The number of hydrogen-bond donors (Lipinski definition) is 2. The Bertz CT molecular complexity index is 1480. The monoisotopic (exact) mass is 538 g/mol. The molecule has 1 saturated heterocycles. The number of carbonyl (C=O) groups excluding carboxylic acids is 2. The molecule has 4 rings (SSSR count). The van der Waals surface area contributed by atoms with Gasteiger partial charge in [0.05, 0.1) is 31.2 Å². The van der Waals surface area contributed by atoms with Gasteiger partial charge in [-0.05, 0) is 43.9 Å². The van der Waals surface area contributed by atoms with Gasteiger partial charge in [0.1, 0.15) is 6.54 Å². The normalized spacial score (nSPS) is 14.8. The van der Waals surface area contributed by atoms with Crippen molar-refractivity contribution in [2.45, 2.75) is 52.3 Å². The zero-order chi connectivity index (χ0) is 28.1. The molecule has 2 heterocycles. The molecule has 2 N–H and O–H groups in total. The third-order valence-electron chi connectivity index (χ3n) is 6.89. The molecular formula is C28H34N4O7. The number of hydrogen-bond acceptors (Lipinski definition) is 7. The summed E-state index contributed by atoms with van der Waals surface area (Å²) in [6.07, 6.45) is 1.73. The average Bonchev–Trinajstić information content (AvgIpc) is 3.45. The molecule has 1 aliphatic rings. The van der Waals surface area contributed by atoms with Gasteiger partial charge in [0.2, 0.25) is 11.8 Å². The Labute approximate surface area is 225 Å². The van der Waals surface area contributed by atoms with E-state index in [1.54, 1.807) is 0 Å². The van der Waals surface area contributed by atoms with Crippen molar-refractivity contribution in [1.82, 2.24) is 14.5 Å². The molecule has 0 saturated carbocycles.